The van der Waals surface area contributed by atoms with Crippen molar-refractivity contribution in [3.8, 4) is 0 Å². The molecule has 1 aromatic heterocycles. The summed E-state index contributed by atoms with van der Waals surface area (Å²) in [4.78, 5) is 0. The summed E-state index contributed by atoms with van der Waals surface area (Å²) in [6, 6.07) is 8.17. The van der Waals surface area contributed by atoms with Gasteiger partial charge >= 0.3 is 0 Å². The first kappa shape index (κ1) is 13.1. The number of benzene rings is 1. The number of nitrogens with zero attached hydrogens (tertiary/aromatic N) is 1. The summed E-state index contributed by atoms with van der Waals surface area (Å²) in [5.41, 5.74) is 2.34. The lowest BCUT2D eigenvalue weighted by molar-refractivity contribution is 0.588. The monoisotopic (exact) mass is 265 g/mol. The van der Waals surface area contributed by atoms with E-state index in [9.17, 15) is 8.42 Å². The fourth-order valence-corrected chi connectivity index (χ4v) is 3.52. The van der Waals surface area contributed by atoms with Crippen molar-refractivity contribution < 1.29 is 8.42 Å². The molecule has 0 aliphatic rings. The minimum Gasteiger partial charge on any atom is -0.346 e. The third-order valence-electron chi connectivity index (χ3n) is 3.19. The van der Waals surface area contributed by atoms with Crippen LogP contribution < -0.4 is 0 Å². The van der Waals surface area contributed by atoms with Crippen LogP contribution in [0.4, 0.5) is 0 Å². The highest BCUT2D eigenvalue weighted by Gasteiger charge is 2.10. The average molecular weight is 265 g/mol. The Labute approximate surface area is 108 Å². The fourth-order valence-electron chi connectivity index (χ4n) is 2.22. The lowest BCUT2D eigenvalue weighted by Gasteiger charge is -2.06. The largest absolute Gasteiger partial charge is 0.346 e. The van der Waals surface area contributed by atoms with Crippen molar-refractivity contribution in [3.63, 3.8) is 0 Å². The molecule has 0 aliphatic heterocycles. The van der Waals surface area contributed by atoms with E-state index >= 15 is 0 Å². The second-order valence-electron chi connectivity index (χ2n) is 4.67. The van der Waals surface area contributed by atoms with Gasteiger partial charge in [-0.2, -0.15) is 0 Å². The van der Waals surface area contributed by atoms with Gasteiger partial charge < -0.3 is 4.57 Å². The van der Waals surface area contributed by atoms with E-state index in [-0.39, 0.29) is 11.5 Å². The summed E-state index contributed by atoms with van der Waals surface area (Å²) >= 11 is 0. The lowest BCUT2D eigenvalue weighted by Crippen LogP contribution is -2.15. The maximum absolute atomic E-state index is 11.7. The molecule has 0 fully saturated rings. The summed E-state index contributed by atoms with van der Waals surface area (Å²) in [6.45, 7) is 4.50. The lowest BCUT2D eigenvalue weighted by atomic mass is 10.1. The van der Waals surface area contributed by atoms with Crippen molar-refractivity contribution in [2.75, 3.05) is 11.5 Å². The van der Waals surface area contributed by atoms with Crippen LogP contribution in [-0.2, 0) is 16.4 Å². The third-order valence-corrected chi connectivity index (χ3v) is 5.02. The highest BCUT2D eigenvalue weighted by molar-refractivity contribution is 7.91. The Morgan fingerprint density at radius 1 is 1.17 bits per heavy atom. The van der Waals surface area contributed by atoms with Crippen molar-refractivity contribution in [3.05, 3.63) is 36.0 Å². The summed E-state index contributed by atoms with van der Waals surface area (Å²) in [6.07, 6.45) is 2.66. The van der Waals surface area contributed by atoms with Crippen LogP contribution >= 0.6 is 0 Å². The van der Waals surface area contributed by atoms with Crippen molar-refractivity contribution in [2.24, 2.45) is 0 Å². The van der Waals surface area contributed by atoms with E-state index in [2.05, 4.69) is 19.1 Å². The summed E-state index contributed by atoms with van der Waals surface area (Å²) in [5.74, 6) is 0.504. The number of sulfone groups is 1. The molecule has 3 nitrogen and oxygen atoms in total. The molecule has 98 valence electrons. The topological polar surface area (TPSA) is 39.1 Å². The molecule has 0 amide bonds. The van der Waals surface area contributed by atoms with Gasteiger partial charge in [0.15, 0.2) is 9.84 Å². The molecule has 18 heavy (non-hydrogen) atoms. The van der Waals surface area contributed by atoms with Crippen molar-refractivity contribution in [1.82, 2.24) is 4.57 Å². The third kappa shape index (κ3) is 2.75. The van der Waals surface area contributed by atoms with Gasteiger partial charge in [0.2, 0.25) is 0 Å². The molecule has 1 heterocycles. The van der Waals surface area contributed by atoms with Crippen LogP contribution in [0.5, 0.6) is 0 Å². The van der Waals surface area contributed by atoms with E-state index in [1.807, 2.05) is 29.8 Å². The van der Waals surface area contributed by atoms with E-state index in [0.29, 0.717) is 13.0 Å². The van der Waals surface area contributed by atoms with Gasteiger partial charge in [0.25, 0.3) is 0 Å². The van der Waals surface area contributed by atoms with Gasteiger partial charge in [0.05, 0.1) is 5.75 Å². The van der Waals surface area contributed by atoms with E-state index in [4.69, 9.17) is 0 Å². The molecule has 1 aromatic carbocycles. The molecule has 0 unspecified atom stereocenters. The van der Waals surface area contributed by atoms with Gasteiger partial charge in [-0.15, -0.1) is 0 Å². The SMILES string of the molecule is CCCS(=O)(=O)CCn1ccc2c(C)cccc21. The standard InChI is InChI=1S/C14H19NO2S/c1-3-10-18(16,17)11-9-15-8-7-13-12(2)5-4-6-14(13)15/h4-8H,3,9-11H2,1-2H3. The molecule has 0 radical (unpaired) electrons. The maximum Gasteiger partial charge on any atom is 0.152 e. The molecule has 0 aliphatic carbocycles. The van der Waals surface area contributed by atoms with Crippen LogP contribution in [0.1, 0.15) is 18.9 Å². The number of hydrogen-bond donors (Lipinski definition) is 0. The number of aryl methyl sites for hydroxylation is 2. The Morgan fingerprint density at radius 2 is 1.94 bits per heavy atom. The summed E-state index contributed by atoms with van der Waals surface area (Å²) in [7, 11) is -2.91. The van der Waals surface area contributed by atoms with E-state index in [1.54, 1.807) is 0 Å². The van der Waals surface area contributed by atoms with Crippen molar-refractivity contribution in [2.45, 2.75) is 26.8 Å². The number of hydrogen-bond acceptors (Lipinski definition) is 2. The zero-order chi connectivity index (χ0) is 13.2. The Morgan fingerprint density at radius 3 is 2.67 bits per heavy atom. The quantitative estimate of drug-likeness (QED) is 0.834. The highest BCUT2D eigenvalue weighted by atomic mass is 32.2. The maximum atomic E-state index is 11.7. The predicted octanol–water partition coefficient (Wildman–Crippen LogP) is 2.77. The first-order chi connectivity index (χ1) is 8.53. The van der Waals surface area contributed by atoms with E-state index < -0.39 is 9.84 Å². The number of fused-ring (bicyclic) bond motifs is 1. The van der Waals surface area contributed by atoms with Gasteiger partial charge in [-0.05, 0) is 31.0 Å². The van der Waals surface area contributed by atoms with Gasteiger partial charge in [-0.3, -0.25) is 0 Å². The molecule has 0 bridgehead atoms. The Bertz CT molecular complexity index is 641. The van der Waals surface area contributed by atoms with E-state index in [0.717, 1.165) is 5.52 Å². The minimum atomic E-state index is -2.91. The van der Waals surface area contributed by atoms with Gasteiger partial charge in [-0.25, -0.2) is 8.42 Å². The Hall–Kier alpha value is -1.29. The Kier molecular flexibility index (Phi) is 3.76. The number of aromatic nitrogens is 1. The van der Waals surface area contributed by atoms with Crippen LogP contribution in [0, 0.1) is 6.92 Å². The van der Waals surface area contributed by atoms with Crippen molar-refractivity contribution in [1.29, 1.82) is 0 Å². The van der Waals surface area contributed by atoms with Crippen LogP contribution in [0.3, 0.4) is 0 Å². The first-order valence-electron chi connectivity index (χ1n) is 6.28. The molecule has 0 atom stereocenters. The van der Waals surface area contributed by atoms with Crippen LogP contribution in [0.2, 0.25) is 0 Å². The molecule has 0 N–H and O–H groups in total. The van der Waals surface area contributed by atoms with Crippen LogP contribution in [-0.4, -0.2) is 24.5 Å². The molecular weight excluding hydrogens is 246 g/mol. The molecule has 2 rings (SSSR count). The summed E-state index contributed by atoms with van der Waals surface area (Å²) < 4.78 is 25.5. The predicted molar refractivity (Wildman–Crippen MR) is 75.6 cm³/mol. The molecule has 2 aromatic rings. The minimum absolute atomic E-state index is 0.221. The zero-order valence-electron chi connectivity index (χ0n) is 10.9. The fraction of sp³-hybridized carbons (Fsp3) is 0.429. The van der Waals surface area contributed by atoms with Crippen LogP contribution in [0.15, 0.2) is 30.5 Å². The average Bonchev–Trinajstić information content (AvgIpc) is 2.71. The number of rotatable bonds is 5. The van der Waals surface area contributed by atoms with Gasteiger partial charge in [0, 0.05) is 29.4 Å². The van der Waals surface area contributed by atoms with Gasteiger partial charge in [0.1, 0.15) is 0 Å². The molecule has 4 heteroatoms. The van der Waals surface area contributed by atoms with Crippen molar-refractivity contribution >= 4 is 20.7 Å². The van der Waals surface area contributed by atoms with Gasteiger partial charge in [-0.1, -0.05) is 19.1 Å². The van der Waals surface area contributed by atoms with Crippen LogP contribution in [0.25, 0.3) is 10.9 Å². The molecule has 0 spiro atoms. The normalized spacial score (nSPS) is 12.1. The summed E-state index contributed by atoms with van der Waals surface area (Å²) in [5, 5.41) is 1.20. The zero-order valence-corrected chi connectivity index (χ0v) is 11.7. The smallest absolute Gasteiger partial charge is 0.152 e. The first-order valence-corrected chi connectivity index (χ1v) is 8.10. The second kappa shape index (κ2) is 5.14. The second-order valence-corrected chi connectivity index (χ2v) is 6.97. The molecular formula is C14H19NO2S. The highest BCUT2D eigenvalue weighted by Crippen LogP contribution is 2.19. The molecule has 0 saturated carbocycles. The van der Waals surface area contributed by atoms with E-state index in [1.165, 1.54) is 10.9 Å². The molecule has 0 saturated heterocycles. The Balaban J connectivity index is 2.21.